The SMILES string of the molecule is Cc1cccc(-c2nc(C(C)C)no2)c1NC(=O)c1nc(Cl)c(Cl)c(Cl)c1Cl. The van der Waals surface area contributed by atoms with Gasteiger partial charge in [0.05, 0.1) is 26.3 Å². The van der Waals surface area contributed by atoms with Gasteiger partial charge in [-0.05, 0) is 18.6 Å². The third kappa shape index (κ3) is 3.96. The van der Waals surface area contributed by atoms with Crippen molar-refractivity contribution in [3.05, 3.63) is 55.5 Å². The zero-order chi connectivity index (χ0) is 20.6. The van der Waals surface area contributed by atoms with Gasteiger partial charge in [-0.3, -0.25) is 4.79 Å². The lowest BCUT2D eigenvalue weighted by Gasteiger charge is -2.13. The fourth-order valence-electron chi connectivity index (χ4n) is 2.40. The van der Waals surface area contributed by atoms with Gasteiger partial charge in [0.15, 0.2) is 5.82 Å². The number of benzene rings is 1. The summed E-state index contributed by atoms with van der Waals surface area (Å²) >= 11 is 24.0. The number of aromatic nitrogens is 3. The monoisotopic (exact) mass is 458 g/mol. The number of halogens is 4. The van der Waals surface area contributed by atoms with E-state index in [-0.39, 0.29) is 37.7 Å². The first-order chi connectivity index (χ1) is 13.2. The maximum Gasteiger partial charge on any atom is 0.275 e. The van der Waals surface area contributed by atoms with Gasteiger partial charge in [-0.1, -0.05) is 77.5 Å². The van der Waals surface area contributed by atoms with Crippen LogP contribution in [0.5, 0.6) is 0 Å². The average Bonchev–Trinajstić information content (AvgIpc) is 3.14. The number of carbonyl (C=O) groups is 1. The molecule has 6 nitrogen and oxygen atoms in total. The second-order valence-corrected chi connectivity index (χ2v) is 7.75. The Morgan fingerprint density at radius 1 is 1.07 bits per heavy atom. The van der Waals surface area contributed by atoms with E-state index in [2.05, 4.69) is 20.4 Å². The Morgan fingerprint density at radius 3 is 2.43 bits per heavy atom. The van der Waals surface area contributed by atoms with Crippen molar-refractivity contribution < 1.29 is 9.32 Å². The van der Waals surface area contributed by atoms with Gasteiger partial charge in [-0.25, -0.2) is 4.98 Å². The van der Waals surface area contributed by atoms with Crippen LogP contribution >= 0.6 is 46.4 Å². The standard InChI is InChI=1S/C18H14Cl4N4O2/c1-7(2)16-25-18(28-26-16)9-6-4-5-8(3)13(9)24-17(27)14-11(20)10(19)12(21)15(22)23-14/h4-7H,1-3H3,(H,24,27). The molecule has 0 aliphatic rings. The van der Waals surface area contributed by atoms with E-state index in [1.54, 1.807) is 6.07 Å². The normalized spacial score (nSPS) is 11.1. The Hall–Kier alpha value is -1.86. The van der Waals surface area contributed by atoms with E-state index < -0.39 is 5.91 Å². The molecule has 1 aromatic carbocycles. The second kappa shape index (κ2) is 8.25. The highest BCUT2D eigenvalue weighted by atomic mass is 35.5. The number of hydrogen-bond donors (Lipinski definition) is 1. The second-order valence-electron chi connectivity index (χ2n) is 6.26. The molecule has 0 fully saturated rings. The van der Waals surface area contributed by atoms with E-state index in [0.717, 1.165) is 5.56 Å². The van der Waals surface area contributed by atoms with Gasteiger partial charge in [0.25, 0.3) is 11.8 Å². The van der Waals surface area contributed by atoms with Crippen molar-refractivity contribution in [3.8, 4) is 11.5 Å². The first kappa shape index (κ1) is 20.9. The molecule has 2 aromatic heterocycles. The van der Waals surface area contributed by atoms with Crippen LogP contribution in [0.4, 0.5) is 5.69 Å². The molecule has 0 saturated carbocycles. The Balaban J connectivity index is 2.02. The van der Waals surface area contributed by atoms with Crippen molar-refractivity contribution in [1.29, 1.82) is 0 Å². The maximum absolute atomic E-state index is 12.8. The van der Waals surface area contributed by atoms with Gasteiger partial charge in [0, 0.05) is 5.92 Å². The number of para-hydroxylation sites is 1. The molecule has 3 rings (SSSR count). The van der Waals surface area contributed by atoms with E-state index in [0.29, 0.717) is 17.1 Å². The molecule has 0 radical (unpaired) electrons. The zero-order valence-corrected chi connectivity index (χ0v) is 18.0. The van der Waals surface area contributed by atoms with E-state index in [1.165, 1.54) is 0 Å². The number of rotatable bonds is 4. The fourth-order valence-corrected chi connectivity index (χ4v) is 3.22. The van der Waals surface area contributed by atoms with Crippen molar-refractivity contribution in [2.45, 2.75) is 26.7 Å². The summed E-state index contributed by atoms with van der Waals surface area (Å²) in [5.41, 5.74) is 1.67. The number of anilines is 1. The number of nitrogens with one attached hydrogen (secondary N) is 1. The molecule has 0 saturated heterocycles. The minimum Gasteiger partial charge on any atom is -0.334 e. The van der Waals surface area contributed by atoms with Gasteiger partial charge in [0.1, 0.15) is 10.8 Å². The maximum atomic E-state index is 12.8. The quantitative estimate of drug-likeness (QED) is 0.454. The molecule has 2 heterocycles. The van der Waals surface area contributed by atoms with Crippen molar-refractivity contribution in [1.82, 2.24) is 15.1 Å². The molecule has 10 heteroatoms. The van der Waals surface area contributed by atoms with Crippen LogP contribution in [0.3, 0.4) is 0 Å². The number of aryl methyl sites for hydroxylation is 1. The summed E-state index contributed by atoms with van der Waals surface area (Å²) in [5.74, 6) is 0.343. The predicted octanol–water partition coefficient (Wildman–Crippen LogP) is 6.43. The van der Waals surface area contributed by atoms with Crippen LogP contribution in [0.1, 0.15) is 41.6 Å². The lowest BCUT2D eigenvalue weighted by atomic mass is 10.1. The van der Waals surface area contributed by atoms with Crippen LogP contribution in [0.15, 0.2) is 22.7 Å². The molecule has 0 unspecified atom stereocenters. The molecule has 3 aromatic rings. The summed E-state index contributed by atoms with van der Waals surface area (Å²) < 4.78 is 5.36. The summed E-state index contributed by atoms with van der Waals surface area (Å²) in [5, 5.41) is 6.46. The average molecular weight is 460 g/mol. The topological polar surface area (TPSA) is 80.9 Å². The fraction of sp³-hybridized carbons (Fsp3) is 0.222. The van der Waals surface area contributed by atoms with E-state index in [1.807, 2.05) is 32.9 Å². The Morgan fingerprint density at radius 2 is 1.79 bits per heavy atom. The lowest BCUT2D eigenvalue weighted by Crippen LogP contribution is -2.16. The number of carbonyl (C=O) groups excluding carboxylic acids is 1. The van der Waals surface area contributed by atoms with Crippen LogP contribution in [0, 0.1) is 6.92 Å². The molecule has 0 bridgehead atoms. The molecular weight excluding hydrogens is 446 g/mol. The highest BCUT2D eigenvalue weighted by Gasteiger charge is 2.23. The molecule has 0 spiro atoms. The summed E-state index contributed by atoms with van der Waals surface area (Å²) in [4.78, 5) is 21.1. The summed E-state index contributed by atoms with van der Waals surface area (Å²) in [7, 11) is 0. The lowest BCUT2D eigenvalue weighted by molar-refractivity contribution is 0.102. The van der Waals surface area contributed by atoms with Crippen LogP contribution in [-0.2, 0) is 0 Å². The van der Waals surface area contributed by atoms with Crippen LogP contribution in [0.2, 0.25) is 20.2 Å². The highest BCUT2D eigenvalue weighted by molar-refractivity contribution is 6.52. The Bertz CT molecular complexity index is 1070. The van der Waals surface area contributed by atoms with Crippen molar-refractivity contribution in [2.24, 2.45) is 0 Å². The number of amides is 1. The smallest absolute Gasteiger partial charge is 0.275 e. The van der Waals surface area contributed by atoms with E-state index in [9.17, 15) is 4.79 Å². The predicted molar refractivity (Wildman–Crippen MR) is 111 cm³/mol. The van der Waals surface area contributed by atoms with E-state index >= 15 is 0 Å². The minimum absolute atomic E-state index is 0.0199. The molecule has 0 atom stereocenters. The molecule has 0 aliphatic carbocycles. The minimum atomic E-state index is -0.607. The molecule has 1 amide bonds. The third-order valence-corrected chi connectivity index (χ3v) is 5.58. The van der Waals surface area contributed by atoms with E-state index in [4.69, 9.17) is 50.9 Å². The molecule has 146 valence electrons. The van der Waals surface area contributed by atoms with Gasteiger partial charge in [0.2, 0.25) is 0 Å². The summed E-state index contributed by atoms with van der Waals surface area (Å²) in [6.45, 7) is 5.74. The molecule has 1 N–H and O–H groups in total. The van der Waals surface area contributed by atoms with Crippen LogP contribution in [-0.4, -0.2) is 21.0 Å². The highest BCUT2D eigenvalue weighted by Crippen LogP contribution is 2.37. The first-order valence-electron chi connectivity index (χ1n) is 8.15. The molecule has 28 heavy (non-hydrogen) atoms. The number of nitrogens with zero attached hydrogens (tertiary/aromatic N) is 3. The van der Waals surface area contributed by atoms with Gasteiger partial charge in [-0.2, -0.15) is 4.98 Å². The molecular formula is C18H14Cl4N4O2. The van der Waals surface area contributed by atoms with Crippen molar-refractivity contribution in [3.63, 3.8) is 0 Å². The third-order valence-electron chi connectivity index (χ3n) is 3.90. The molecule has 0 aliphatic heterocycles. The first-order valence-corrected chi connectivity index (χ1v) is 9.66. The van der Waals surface area contributed by atoms with Gasteiger partial charge in [-0.15, -0.1) is 0 Å². The zero-order valence-electron chi connectivity index (χ0n) is 15.0. The summed E-state index contributed by atoms with van der Waals surface area (Å²) in [6, 6.07) is 5.41. The van der Waals surface area contributed by atoms with Crippen LogP contribution < -0.4 is 5.32 Å². The largest absolute Gasteiger partial charge is 0.334 e. The van der Waals surface area contributed by atoms with Crippen molar-refractivity contribution in [2.75, 3.05) is 5.32 Å². The number of pyridine rings is 1. The van der Waals surface area contributed by atoms with Gasteiger partial charge < -0.3 is 9.84 Å². The van der Waals surface area contributed by atoms with Gasteiger partial charge >= 0.3 is 0 Å². The number of hydrogen-bond acceptors (Lipinski definition) is 5. The van der Waals surface area contributed by atoms with Crippen LogP contribution in [0.25, 0.3) is 11.5 Å². The summed E-state index contributed by atoms with van der Waals surface area (Å²) in [6.07, 6.45) is 0. The Labute approximate surface area is 181 Å². The Kier molecular flexibility index (Phi) is 6.15. The van der Waals surface area contributed by atoms with Crippen molar-refractivity contribution >= 4 is 58.0 Å².